The van der Waals surface area contributed by atoms with Gasteiger partial charge in [-0.1, -0.05) is 48.0 Å². The molecule has 0 aliphatic carbocycles. The van der Waals surface area contributed by atoms with Gasteiger partial charge >= 0.3 is 12.0 Å². The molecular formula is C31H33ClN4O7. The number of nitrogens with one attached hydrogen (secondary N) is 3. The maximum absolute atomic E-state index is 12.4. The van der Waals surface area contributed by atoms with Gasteiger partial charge in [-0.05, 0) is 49.7 Å². The summed E-state index contributed by atoms with van der Waals surface area (Å²) in [5.41, 5.74) is 5.44. The number of aliphatic hydroxyl groups excluding tert-OH is 1. The number of carbonyl (C=O) groups is 2. The number of benzene rings is 3. The first-order valence-electron chi connectivity index (χ1n) is 13.5. The van der Waals surface area contributed by atoms with Crippen LogP contribution in [-0.4, -0.2) is 49.9 Å². The first kappa shape index (κ1) is 31.2. The number of hydrazone groups is 1. The average molecular weight is 609 g/mol. The van der Waals surface area contributed by atoms with Crippen LogP contribution in [0.2, 0.25) is 5.02 Å². The zero-order valence-corrected chi connectivity index (χ0v) is 24.7. The van der Waals surface area contributed by atoms with Gasteiger partial charge in [-0.15, -0.1) is 0 Å². The minimum absolute atomic E-state index is 0.155. The summed E-state index contributed by atoms with van der Waals surface area (Å²) in [4.78, 5) is 24.6. The Morgan fingerprint density at radius 2 is 1.84 bits per heavy atom. The van der Waals surface area contributed by atoms with E-state index < -0.39 is 24.3 Å². The molecule has 226 valence electrons. The zero-order valence-electron chi connectivity index (χ0n) is 23.9. The molecule has 0 spiro atoms. The summed E-state index contributed by atoms with van der Waals surface area (Å²) in [5, 5.41) is 20.5. The SMILES string of the molecule is CCOc1cc([C@H]2NC(=O)NC(C)=C2C(=O)OC)ccc1OC[C@@H](O)N/N=C/c1ccccc1OCc1ccccc1Cl. The van der Waals surface area contributed by atoms with Crippen LogP contribution in [0.25, 0.3) is 0 Å². The molecule has 11 nitrogen and oxygen atoms in total. The molecule has 2 atom stereocenters. The van der Waals surface area contributed by atoms with E-state index in [4.69, 9.17) is 30.5 Å². The molecule has 4 rings (SSSR count). The second kappa shape index (κ2) is 14.9. The van der Waals surface area contributed by atoms with Crippen molar-refractivity contribution in [1.29, 1.82) is 0 Å². The lowest BCUT2D eigenvalue weighted by Gasteiger charge is -2.28. The van der Waals surface area contributed by atoms with Crippen molar-refractivity contribution in [3.8, 4) is 17.2 Å². The van der Waals surface area contributed by atoms with Gasteiger partial charge in [-0.2, -0.15) is 5.10 Å². The summed E-state index contributed by atoms with van der Waals surface area (Å²) in [6.07, 6.45) is 0.384. The van der Waals surface area contributed by atoms with Gasteiger partial charge in [0.25, 0.3) is 0 Å². The van der Waals surface area contributed by atoms with E-state index in [0.29, 0.717) is 52.3 Å². The predicted molar refractivity (Wildman–Crippen MR) is 161 cm³/mol. The Kier molecular flexibility index (Phi) is 10.8. The number of rotatable bonds is 13. The minimum Gasteiger partial charge on any atom is -0.490 e. The van der Waals surface area contributed by atoms with Gasteiger partial charge in [0, 0.05) is 21.8 Å². The molecule has 12 heteroatoms. The van der Waals surface area contributed by atoms with Crippen LogP contribution in [0.15, 0.2) is 83.1 Å². The maximum atomic E-state index is 12.4. The first-order valence-corrected chi connectivity index (χ1v) is 13.9. The lowest BCUT2D eigenvalue weighted by molar-refractivity contribution is -0.136. The van der Waals surface area contributed by atoms with E-state index in [1.54, 1.807) is 31.2 Å². The number of allylic oxidation sites excluding steroid dienone is 1. The second-order valence-corrected chi connectivity index (χ2v) is 9.74. The summed E-state index contributed by atoms with van der Waals surface area (Å²) >= 11 is 6.23. The third-order valence-electron chi connectivity index (χ3n) is 6.36. The fourth-order valence-corrected chi connectivity index (χ4v) is 4.49. The number of amides is 2. The molecule has 0 aromatic heterocycles. The number of ether oxygens (including phenoxy) is 4. The highest BCUT2D eigenvalue weighted by Crippen LogP contribution is 2.35. The normalized spacial score (nSPS) is 15.4. The van der Waals surface area contributed by atoms with Crippen LogP contribution >= 0.6 is 11.6 Å². The lowest BCUT2D eigenvalue weighted by atomic mass is 9.95. The highest BCUT2D eigenvalue weighted by atomic mass is 35.5. The second-order valence-electron chi connectivity index (χ2n) is 9.33. The molecule has 1 heterocycles. The van der Waals surface area contributed by atoms with Crippen molar-refractivity contribution >= 4 is 29.8 Å². The number of nitrogens with zero attached hydrogens (tertiary/aromatic N) is 1. The summed E-state index contributed by atoms with van der Waals surface area (Å²) < 4.78 is 22.4. The molecule has 3 aromatic carbocycles. The Morgan fingerprint density at radius 3 is 2.60 bits per heavy atom. The van der Waals surface area contributed by atoms with Gasteiger partial charge in [0.05, 0.1) is 31.5 Å². The number of methoxy groups -OCH3 is 1. The largest absolute Gasteiger partial charge is 0.490 e. The van der Waals surface area contributed by atoms with Crippen LogP contribution in [-0.2, 0) is 16.1 Å². The van der Waals surface area contributed by atoms with E-state index in [1.807, 2.05) is 49.4 Å². The first-order chi connectivity index (χ1) is 20.8. The van der Waals surface area contributed by atoms with E-state index in [0.717, 1.165) is 5.56 Å². The highest BCUT2D eigenvalue weighted by Gasteiger charge is 2.32. The van der Waals surface area contributed by atoms with E-state index in [1.165, 1.54) is 13.3 Å². The van der Waals surface area contributed by atoms with Crippen LogP contribution in [0.3, 0.4) is 0 Å². The van der Waals surface area contributed by atoms with E-state index in [9.17, 15) is 14.7 Å². The van der Waals surface area contributed by atoms with E-state index >= 15 is 0 Å². The van der Waals surface area contributed by atoms with Gasteiger partial charge in [-0.25, -0.2) is 9.59 Å². The molecule has 43 heavy (non-hydrogen) atoms. The molecule has 4 N–H and O–H groups in total. The third-order valence-corrected chi connectivity index (χ3v) is 6.73. The lowest BCUT2D eigenvalue weighted by Crippen LogP contribution is -2.45. The molecule has 0 saturated carbocycles. The van der Waals surface area contributed by atoms with Gasteiger partial charge in [0.1, 0.15) is 19.0 Å². The Bertz CT molecular complexity index is 1510. The van der Waals surface area contributed by atoms with Gasteiger partial charge < -0.3 is 34.7 Å². The van der Waals surface area contributed by atoms with Crippen molar-refractivity contribution in [1.82, 2.24) is 16.1 Å². The molecule has 0 bridgehead atoms. The third kappa shape index (κ3) is 8.18. The molecule has 2 amide bonds. The smallest absolute Gasteiger partial charge is 0.337 e. The van der Waals surface area contributed by atoms with Gasteiger partial charge in [0.2, 0.25) is 0 Å². The number of aliphatic hydroxyl groups is 1. The number of hydrogen-bond acceptors (Lipinski definition) is 9. The Hall–Kier alpha value is -4.74. The number of carbonyl (C=O) groups excluding carboxylic acids is 2. The van der Waals surface area contributed by atoms with Crippen molar-refractivity contribution < 1.29 is 33.6 Å². The minimum atomic E-state index is -1.15. The van der Waals surface area contributed by atoms with Crippen molar-refractivity contribution in [2.45, 2.75) is 32.7 Å². The predicted octanol–water partition coefficient (Wildman–Crippen LogP) is 4.44. The van der Waals surface area contributed by atoms with Crippen molar-refractivity contribution in [2.75, 3.05) is 20.3 Å². The van der Waals surface area contributed by atoms with Crippen LogP contribution in [0.1, 0.15) is 36.6 Å². The molecule has 1 aliphatic rings. The summed E-state index contributed by atoms with van der Waals surface area (Å²) in [6, 6.07) is 18.6. The molecular weight excluding hydrogens is 576 g/mol. The molecule has 3 aromatic rings. The number of para-hydroxylation sites is 1. The maximum Gasteiger partial charge on any atom is 0.337 e. The van der Waals surface area contributed by atoms with E-state index in [-0.39, 0.29) is 12.2 Å². The van der Waals surface area contributed by atoms with Crippen LogP contribution < -0.4 is 30.3 Å². The van der Waals surface area contributed by atoms with Crippen LogP contribution in [0.5, 0.6) is 17.2 Å². The number of urea groups is 1. The average Bonchev–Trinajstić information content (AvgIpc) is 3.00. The highest BCUT2D eigenvalue weighted by molar-refractivity contribution is 6.31. The van der Waals surface area contributed by atoms with Crippen molar-refractivity contribution in [3.63, 3.8) is 0 Å². The molecule has 0 saturated heterocycles. The number of halogens is 1. The molecule has 1 aliphatic heterocycles. The zero-order chi connectivity index (χ0) is 30.8. The van der Waals surface area contributed by atoms with E-state index in [2.05, 4.69) is 21.2 Å². The number of hydrogen-bond donors (Lipinski definition) is 4. The molecule has 0 fully saturated rings. The Balaban J connectivity index is 1.39. The van der Waals surface area contributed by atoms with Crippen molar-refractivity contribution in [3.05, 3.63) is 99.7 Å². The molecule has 0 unspecified atom stereocenters. The van der Waals surface area contributed by atoms with Crippen LogP contribution in [0, 0.1) is 0 Å². The molecule has 0 radical (unpaired) electrons. The number of esters is 1. The Labute approximate surface area is 254 Å². The fraction of sp³-hybridized carbons (Fsp3) is 0.258. The van der Waals surface area contributed by atoms with Gasteiger partial charge in [-0.3, -0.25) is 5.43 Å². The van der Waals surface area contributed by atoms with Crippen LogP contribution in [0.4, 0.5) is 4.79 Å². The standard InChI is InChI=1S/C31H33ClN4O7/c1-4-41-26-15-20(29-28(30(38)40-3)19(2)34-31(39)35-29)13-14-25(26)43-18-27(37)36-33-16-21-9-6-8-12-24(21)42-17-22-10-5-7-11-23(22)32/h5-16,27,29,36-37H,4,17-18H2,1-3H3,(H2,34,35,39)/b33-16+/t27-,29-/m1/s1. The van der Waals surface area contributed by atoms with Crippen molar-refractivity contribution in [2.24, 2.45) is 5.10 Å². The quantitative estimate of drug-likeness (QED) is 0.0967. The monoisotopic (exact) mass is 608 g/mol. The summed E-state index contributed by atoms with van der Waals surface area (Å²) in [5.74, 6) is 0.757. The Morgan fingerprint density at radius 1 is 1.07 bits per heavy atom. The van der Waals surface area contributed by atoms with Gasteiger partial charge in [0.15, 0.2) is 17.7 Å². The summed E-state index contributed by atoms with van der Waals surface area (Å²) in [7, 11) is 1.27. The topological polar surface area (TPSA) is 140 Å². The summed E-state index contributed by atoms with van der Waals surface area (Å²) in [6.45, 7) is 3.91. The fourth-order valence-electron chi connectivity index (χ4n) is 4.30.